The lowest BCUT2D eigenvalue weighted by Gasteiger charge is -2.31. The van der Waals surface area contributed by atoms with Crippen LogP contribution < -0.4 is 21.5 Å². The molecule has 176 valence electrons. The van der Waals surface area contributed by atoms with Crippen molar-refractivity contribution in [1.82, 2.24) is 25.8 Å². The normalized spacial score (nSPS) is 21.4. The second-order valence-corrected chi connectivity index (χ2v) is 9.17. The van der Waals surface area contributed by atoms with Crippen LogP contribution in [-0.4, -0.2) is 39.5 Å². The van der Waals surface area contributed by atoms with Crippen molar-refractivity contribution in [2.75, 3.05) is 17.2 Å². The molecule has 1 saturated heterocycles. The van der Waals surface area contributed by atoms with Gasteiger partial charge in [-0.2, -0.15) is 0 Å². The number of hydrogen-bond donors (Lipinski definition) is 4. The molecule has 0 radical (unpaired) electrons. The van der Waals surface area contributed by atoms with Gasteiger partial charge < -0.3 is 10.6 Å². The maximum absolute atomic E-state index is 12.8. The van der Waals surface area contributed by atoms with Gasteiger partial charge in [-0.05, 0) is 61.6 Å². The Morgan fingerprint density at radius 3 is 2.71 bits per heavy atom. The second-order valence-electron chi connectivity index (χ2n) is 9.17. The molecule has 3 heterocycles. The number of amides is 1. The van der Waals surface area contributed by atoms with Gasteiger partial charge in [0.15, 0.2) is 5.82 Å². The van der Waals surface area contributed by atoms with E-state index in [4.69, 9.17) is 9.97 Å². The molecule has 6 rings (SSSR count). The Bertz CT molecular complexity index is 1360. The highest BCUT2D eigenvalue weighted by Gasteiger charge is 2.34. The summed E-state index contributed by atoms with van der Waals surface area (Å²) in [7, 11) is 0. The summed E-state index contributed by atoms with van der Waals surface area (Å²) in [5.41, 5.74) is 9.32. The molecule has 2 aromatic heterocycles. The van der Waals surface area contributed by atoms with Crippen LogP contribution in [0.4, 0.5) is 11.5 Å². The van der Waals surface area contributed by atoms with Crippen LogP contribution in [0.15, 0.2) is 72.9 Å². The molecule has 1 aliphatic heterocycles. The fraction of sp³-hybridized carbons (Fsp3) is 0.259. The molecule has 4 N–H and O–H groups in total. The highest BCUT2D eigenvalue weighted by atomic mass is 16.1. The maximum atomic E-state index is 12.8. The Labute approximate surface area is 203 Å². The van der Waals surface area contributed by atoms with E-state index in [9.17, 15) is 4.79 Å². The van der Waals surface area contributed by atoms with Crippen molar-refractivity contribution < 1.29 is 4.79 Å². The molecule has 4 aromatic rings. The zero-order valence-corrected chi connectivity index (χ0v) is 19.2. The van der Waals surface area contributed by atoms with Crippen LogP contribution in [0.1, 0.15) is 29.8 Å². The summed E-state index contributed by atoms with van der Waals surface area (Å²) in [5.74, 6) is 1.75. The number of para-hydroxylation sites is 2. The fourth-order valence-electron chi connectivity index (χ4n) is 5.10. The van der Waals surface area contributed by atoms with Crippen LogP contribution in [0.25, 0.3) is 22.3 Å². The summed E-state index contributed by atoms with van der Waals surface area (Å²) in [5, 5.41) is 7.71. The number of fused-ring (bicyclic) bond motifs is 2. The number of hydrazine groups is 1. The van der Waals surface area contributed by atoms with E-state index in [0.717, 1.165) is 48.1 Å². The number of carbonyl (C=O) groups is 1. The quantitative estimate of drug-likeness (QED) is 0.353. The van der Waals surface area contributed by atoms with Crippen LogP contribution in [0.5, 0.6) is 0 Å². The number of nitrogens with zero attached hydrogens (tertiary/aromatic N) is 3. The number of hydrogen-bond acceptors (Lipinski definition) is 7. The van der Waals surface area contributed by atoms with Crippen molar-refractivity contribution in [3.63, 3.8) is 0 Å². The maximum Gasteiger partial charge on any atom is 0.274 e. The second kappa shape index (κ2) is 9.40. The number of aromatic nitrogens is 3. The minimum Gasteiger partial charge on any atom is -0.367 e. The Balaban J connectivity index is 1.34. The van der Waals surface area contributed by atoms with Crippen molar-refractivity contribution in [1.29, 1.82) is 0 Å². The number of carbonyl (C=O) groups excluding carboxylic acids is 1. The van der Waals surface area contributed by atoms with Crippen LogP contribution in [0.2, 0.25) is 0 Å². The first kappa shape index (κ1) is 21.6. The summed E-state index contributed by atoms with van der Waals surface area (Å²) >= 11 is 0. The number of anilines is 2. The number of nitrogens with one attached hydrogen (secondary N) is 4. The van der Waals surface area contributed by atoms with Crippen LogP contribution in [-0.2, 0) is 0 Å². The molecule has 0 bridgehead atoms. The van der Waals surface area contributed by atoms with E-state index in [1.807, 2.05) is 42.5 Å². The zero-order chi connectivity index (χ0) is 23.6. The smallest absolute Gasteiger partial charge is 0.274 e. The topological polar surface area (TPSA) is 104 Å². The number of pyridine rings is 1. The lowest BCUT2D eigenvalue weighted by Crippen LogP contribution is -2.39. The lowest BCUT2D eigenvalue weighted by atomic mass is 9.83. The van der Waals surface area contributed by atoms with E-state index in [-0.39, 0.29) is 5.91 Å². The molecule has 1 amide bonds. The van der Waals surface area contributed by atoms with Crippen molar-refractivity contribution in [3.8, 4) is 11.4 Å². The molecule has 35 heavy (non-hydrogen) atoms. The molecule has 8 nitrogen and oxygen atoms in total. The Hall–Kier alpha value is -3.88. The molecule has 2 fully saturated rings. The summed E-state index contributed by atoms with van der Waals surface area (Å²) in [6.07, 6.45) is 4.92. The minimum atomic E-state index is -0.271. The van der Waals surface area contributed by atoms with Crippen LogP contribution in [0.3, 0.4) is 0 Å². The van der Waals surface area contributed by atoms with Gasteiger partial charge in [-0.1, -0.05) is 30.3 Å². The third-order valence-corrected chi connectivity index (χ3v) is 6.89. The van der Waals surface area contributed by atoms with E-state index >= 15 is 0 Å². The Morgan fingerprint density at radius 2 is 1.80 bits per heavy atom. The van der Waals surface area contributed by atoms with E-state index < -0.39 is 0 Å². The average molecular weight is 466 g/mol. The van der Waals surface area contributed by atoms with Crippen LogP contribution in [0, 0.1) is 5.92 Å². The largest absolute Gasteiger partial charge is 0.367 e. The SMILES string of the molecule is O=C(Nc1ccccc1-c1nc(NC2CCC3NNCC3C2)c2ccccc2n1)c1ccccn1. The average Bonchev–Trinajstić information content (AvgIpc) is 3.37. The molecule has 1 aliphatic carbocycles. The van der Waals surface area contributed by atoms with Crippen molar-refractivity contribution in [3.05, 3.63) is 78.6 Å². The van der Waals surface area contributed by atoms with Gasteiger partial charge in [-0.15, -0.1) is 0 Å². The number of rotatable bonds is 5. The predicted octanol–water partition coefficient (Wildman–Crippen LogP) is 4.00. The molecule has 2 aliphatic rings. The summed E-state index contributed by atoms with van der Waals surface area (Å²) < 4.78 is 0. The van der Waals surface area contributed by atoms with Gasteiger partial charge in [0, 0.05) is 35.8 Å². The molecule has 0 spiro atoms. The zero-order valence-electron chi connectivity index (χ0n) is 19.2. The Morgan fingerprint density at radius 1 is 0.943 bits per heavy atom. The van der Waals surface area contributed by atoms with Gasteiger partial charge in [0.1, 0.15) is 11.5 Å². The first-order valence-corrected chi connectivity index (χ1v) is 12.1. The minimum absolute atomic E-state index is 0.271. The van der Waals surface area contributed by atoms with E-state index in [2.05, 4.69) is 32.5 Å². The van der Waals surface area contributed by atoms with Gasteiger partial charge in [0.05, 0.1) is 11.2 Å². The highest BCUT2D eigenvalue weighted by Crippen LogP contribution is 2.33. The van der Waals surface area contributed by atoms with Gasteiger partial charge >= 0.3 is 0 Å². The van der Waals surface area contributed by atoms with Gasteiger partial charge in [-0.25, -0.2) is 9.97 Å². The monoisotopic (exact) mass is 465 g/mol. The van der Waals surface area contributed by atoms with Crippen LogP contribution >= 0.6 is 0 Å². The van der Waals surface area contributed by atoms with Crippen molar-refractivity contribution >= 4 is 28.3 Å². The van der Waals surface area contributed by atoms with Gasteiger partial charge in [0.2, 0.25) is 0 Å². The van der Waals surface area contributed by atoms with Gasteiger partial charge in [0.25, 0.3) is 5.91 Å². The number of benzene rings is 2. The first-order valence-electron chi connectivity index (χ1n) is 12.1. The molecular formula is C27H27N7O. The van der Waals surface area contributed by atoms with E-state index in [1.54, 1.807) is 24.4 Å². The van der Waals surface area contributed by atoms with Crippen molar-refractivity contribution in [2.24, 2.45) is 5.92 Å². The summed E-state index contributed by atoms with van der Waals surface area (Å²) in [6.45, 7) is 1.00. The van der Waals surface area contributed by atoms with Crippen molar-refractivity contribution in [2.45, 2.75) is 31.3 Å². The highest BCUT2D eigenvalue weighted by molar-refractivity contribution is 6.05. The molecule has 2 aromatic carbocycles. The molecule has 8 heteroatoms. The Kier molecular flexibility index (Phi) is 5.81. The third kappa shape index (κ3) is 4.45. The lowest BCUT2D eigenvalue weighted by molar-refractivity contribution is 0.102. The summed E-state index contributed by atoms with van der Waals surface area (Å²) in [6, 6.07) is 21.9. The fourth-order valence-corrected chi connectivity index (χ4v) is 5.10. The molecular weight excluding hydrogens is 438 g/mol. The molecule has 1 saturated carbocycles. The van der Waals surface area contributed by atoms with E-state index in [1.165, 1.54) is 0 Å². The van der Waals surface area contributed by atoms with E-state index in [0.29, 0.717) is 35.2 Å². The van der Waals surface area contributed by atoms with Gasteiger partial charge in [-0.3, -0.25) is 20.6 Å². The molecule has 3 atom stereocenters. The predicted molar refractivity (Wildman–Crippen MR) is 137 cm³/mol. The molecule has 3 unspecified atom stereocenters. The summed E-state index contributed by atoms with van der Waals surface area (Å²) in [4.78, 5) is 26.8. The first-order chi connectivity index (χ1) is 17.2. The standard InChI is InChI=1S/C27H27N7O/c35-27(24-11-5-6-14-28-24)32-23-10-4-2-8-20(23)26-31-22-9-3-1-7-19(22)25(33-26)30-18-12-13-21-17(15-18)16-29-34-21/h1-11,14,17-18,21,29,34H,12-13,15-16H2,(H,32,35)(H,30,31,33). The third-order valence-electron chi connectivity index (χ3n) is 6.89.